The predicted octanol–water partition coefficient (Wildman–Crippen LogP) is 3.37. The standard InChI is InChI=1S/C19H20N2O/c22-18-19(15-9-3-1-4-10-15,21-13-7-2-8-14-21)16-11-5-6-12-17(16)20-18/h1,3-6,9-12H,2,7-8,13-14H2,(H,20,22). The van der Waals surface area contributed by atoms with Gasteiger partial charge in [-0.2, -0.15) is 0 Å². The molecule has 1 saturated heterocycles. The molecule has 0 spiro atoms. The van der Waals surface area contributed by atoms with Crippen molar-refractivity contribution in [2.24, 2.45) is 0 Å². The monoisotopic (exact) mass is 292 g/mol. The molecule has 2 aliphatic heterocycles. The Morgan fingerprint density at radius 2 is 1.55 bits per heavy atom. The van der Waals surface area contributed by atoms with Crippen LogP contribution in [0.15, 0.2) is 54.6 Å². The van der Waals surface area contributed by atoms with Crippen molar-refractivity contribution >= 4 is 11.6 Å². The minimum Gasteiger partial charge on any atom is -0.324 e. The van der Waals surface area contributed by atoms with Crippen molar-refractivity contribution in [2.75, 3.05) is 18.4 Å². The van der Waals surface area contributed by atoms with E-state index in [1.807, 2.05) is 36.4 Å². The van der Waals surface area contributed by atoms with Crippen LogP contribution in [-0.4, -0.2) is 23.9 Å². The highest BCUT2D eigenvalue weighted by molar-refractivity contribution is 6.08. The molecule has 0 radical (unpaired) electrons. The van der Waals surface area contributed by atoms with Crippen molar-refractivity contribution in [3.63, 3.8) is 0 Å². The van der Waals surface area contributed by atoms with Gasteiger partial charge in [0.25, 0.3) is 5.91 Å². The first-order valence-electron chi connectivity index (χ1n) is 8.05. The maximum absolute atomic E-state index is 13.1. The summed E-state index contributed by atoms with van der Waals surface area (Å²) >= 11 is 0. The number of likely N-dealkylation sites (tertiary alicyclic amines) is 1. The maximum atomic E-state index is 13.1. The lowest BCUT2D eigenvalue weighted by molar-refractivity contribution is -0.126. The molecule has 4 rings (SSSR count). The zero-order chi connectivity index (χ0) is 15.0. The highest BCUT2D eigenvalue weighted by atomic mass is 16.2. The number of nitrogens with one attached hydrogen (secondary N) is 1. The second-order valence-electron chi connectivity index (χ2n) is 6.12. The van der Waals surface area contributed by atoms with E-state index in [1.165, 1.54) is 6.42 Å². The minimum atomic E-state index is -0.668. The molecule has 1 atom stereocenters. The molecule has 1 amide bonds. The molecule has 1 fully saturated rings. The molecule has 0 aromatic heterocycles. The molecule has 1 N–H and O–H groups in total. The minimum absolute atomic E-state index is 0.0850. The quantitative estimate of drug-likeness (QED) is 0.920. The molecule has 0 aliphatic carbocycles. The largest absolute Gasteiger partial charge is 0.324 e. The first-order chi connectivity index (χ1) is 10.8. The zero-order valence-electron chi connectivity index (χ0n) is 12.6. The molecule has 2 aliphatic rings. The van der Waals surface area contributed by atoms with Crippen molar-refractivity contribution in [3.05, 3.63) is 65.7 Å². The molecule has 3 nitrogen and oxygen atoms in total. The average molecular weight is 292 g/mol. The second-order valence-corrected chi connectivity index (χ2v) is 6.12. The van der Waals surface area contributed by atoms with Crippen LogP contribution in [0.1, 0.15) is 30.4 Å². The fourth-order valence-electron chi connectivity index (χ4n) is 3.93. The molecule has 0 saturated carbocycles. The smallest absolute Gasteiger partial charge is 0.254 e. The van der Waals surface area contributed by atoms with Gasteiger partial charge in [0, 0.05) is 11.3 Å². The molecule has 112 valence electrons. The number of para-hydroxylation sites is 1. The van der Waals surface area contributed by atoms with E-state index in [9.17, 15) is 4.79 Å². The number of nitrogens with zero attached hydrogens (tertiary/aromatic N) is 1. The van der Waals surface area contributed by atoms with E-state index < -0.39 is 5.54 Å². The highest BCUT2D eigenvalue weighted by Crippen LogP contribution is 2.46. The van der Waals surface area contributed by atoms with E-state index in [4.69, 9.17) is 0 Å². The number of anilines is 1. The third-order valence-electron chi connectivity index (χ3n) is 4.92. The van der Waals surface area contributed by atoms with Crippen LogP contribution in [0.4, 0.5) is 5.69 Å². The average Bonchev–Trinajstić information content (AvgIpc) is 2.89. The lowest BCUT2D eigenvalue weighted by atomic mass is 9.81. The van der Waals surface area contributed by atoms with Crippen molar-refractivity contribution in [3.8, 4) is 0 Å². The Morgan fingerprint density at radius 3 is 2.32 bits per heavy atom. The van der Waals surface area contributed by atoms with Gasteiger partial charge in [0.15, 0.2) is 5.54 Å². The molecular weight excluding hydrogens is 272 g/mol. The van der Waals surface area contributed by atoms with Crippen LogP contribution in [0.5, 0.6) is 0 Å². The van der Waals surface area contributed by atoms with E-state index in [1.54, 1.807) is 0 Å². The summed E-state index contributed by atoms with van der Waals surface area (Å²) in [5.74, 6) is 0.0850. The van der Waals surface area contributed by atoms with Crippen LogP contribution in [0.3, 0.4) is 0 Å². The summed E-state index contributed by atoms with van der Waals surface area (Å²) in [6.07, 6.45) is 3.57. The van der Waals surface area contributed by atoms with Crippen molar-refractivity contribution in [1.82, 2.24) is 4.90 Å². The molecule has 2 aromatic rings. The lowest BCUT2D eigenvalue weighted by Crippen LogP contribution is -2.53. The Labute approximate surface area is 131 Å². The summed E-state index contributed by atoms with van der Waals surface area (Å²) in [4.78, 5) is 15.5. The van der Waals surface area contributed by atoms with Gasteiger partial charge in [-0.1, -0.05) is 55.0 Å². The fourth-order valence-corrected chi connectivity index (χ4v) is 3.93. The Morgan fingerprint density at radius 1 is 0.864 bits per heavy atom. The Kier molecular flexibility index (Phi) is 3.23. The van der Waals surface area contributed by atoms with E-state index >= 15 is 0 Å². The molecule has 2 heterocycles. The summed E-state index contributed by atoms with van der Waals surface area (Å²) < 4.78 is 0. The van der Waals surface area contributed by atoms with Crippen molar-refractivity contribution in [1.29, 1.82) is 0 Å². The number of carbonyl (C=O) groups is 1. The van der Waals surface area contributed by atoms with Crippen LogP contribution >= 0.6 is 0 Å². The van der Waals surface area contributed by atoms with Gasteiger partial charge in [0.1, 0.15) is 0 Å². The number of fused-ring (bicyclic) bond motifs is 1. The molecule has 0 bridgehead atoms. The summed E-state index contributed by atoms with van der Waals surface area (Å²) in [6, 6.07) is 18.3. The number of carbonyl (C=O) groups excluding carboxylic acids is 1. The summed E-state index contributed by atoms with van der Waals surface area (Å²) in [6.45, 7) is 1.94. The fraction of sp³-hybridized carbons (Fsp3) is 0.316. The van der Waals surface area contributed by atoms with Gasteiger partial charge in [-0.25, -0.2) is 0 Å². The van der Waals surface area contributed by atoms with Crippen molar-refractivity contribution < 1.29 is 4.79 Å². The van der Waals surface area contributed by atoms with Gasteiger partial charge in [-0.05, 0) is 37.6 Å². The van der Waals surface area contributed by atoms with Gasteiger partial charge in [0.2, 0.25) is 0 Å². The van der Waals surface area contributed by atoms with E-state index in [2.05, 4.69) is 28.4 Å². The number of rotatable bonds is 2. The summed E-state index contributed by atoms with van der Waals surface area (Å²) in [5.41, 5.74) is 2.44. The van der Waals surface area contributed by atoms with E-state index in [0.717, 1.165) is 42.7 Å². The molecule has 3 heteroatoms. The first kappa shape index (κ1) is 13.5. The zero-order valence-corrected chi connectivity index (χ0v) is 12.6. The highest BCUT2D eigenvalue weighted by Gasteiger charge is 2.52. The Hall–Kier alpha value is -2.13. The van der Waals surface area contributed by atoms with Crippen LogP contribution in [-0.2, 0) is 10.3 Å². The van der Waals surface area contributed by atoms with Gasteiger partial charge >= 0.3 is 0 Å². The summed E-state index contributed by atoms with van der Waals surface area (Å²) in [7, 11) is 0. The second kappa shape index (κ2) is 5.25. The third-order valence-corrected chi connectivity index (χ3v) is 4.92. The Balaban J connectivity index is 1.95. The first-order valence-corrected chi connectivity index (χ1v) is 8.05. The van der Waals surface area contributed by atoms with Crippen LogP contribution in [0.2, 0.25) is 0 Å². The van der Waals surface area contributed by atoms with Gasteiger partial charge in [0.05, 0.1) is 0 Å². The number of hydrogen-bond donors (Lipinski definition) is 1. The van der Waals surface area contributed by atoms with Gasteiger partial charge in [-0.15, -0.1) is 0 Å². The number of hydrogen-bond acceptors (Lipinski definition) is 2. The van der Waals surface area contributed by atoms with E-state index in [0.29, 0.717) is 0 Å². The van der Waals surface area contributed by atoms with Crippen molar-refractivity contribution in [2.45, 2.75) is 24.8 Å². The summed E-state index contributed by atoms with van der Waals surface area (Å²) in [5, 5.41) is 3.10. The van der Waals surface area contributed by atoms with Crippen LogP contribution < -0.4 is 5.32 Å². The topological polar surface area (TPSA) is 32.3 Å². The maximum Gasteiger partial charge on any atom is 0.254 e. The van der Waals surface area contributed by atoms with Gasteiger partial charge in [-0.3, -0.25) is 9.69 Å². The van der Waals surface area contributed by atoms with Crippen LogP contribution in [0, 0.1) is 0 Å². The van der Waals surface area contributed by atoms with Crippen LogP contribution in [0.25, 0.3) is 0 Å². The molecule has 2 aromatic carbocycles. The number of amides is 1. The van der Waals surface area contributed by atoms with Gasteiger partial charge < -0.3 is 5.32 Å². The lowest BCUT2D eigenvalue weighted by Gasteiger charge is -2.42. The molecule has 22 heavy (non-hydrogen) atoms. The SMILES string of the molecule is O=C1Nc2ccccc2C1(c1ccccc1)N1CCCCC1. The number of piperidine rings is 1. The predicted molar refractivity (Wildman–Crippen MR) is 87.7 cm³/mol. The normalized spacial score (nSPS) is 24.8. The van der Waals surface area contributed by atoms with E-state index in [-0.39, 0.29) is 5.91 Å². The molecule has 1 unspecified atom stereocenters. The number of benzene rings is 2. The third kappa shape index (κ3) is 1.82. The molecular formula is C19H20N2O. The Bertz CT molecular complexity index is 692.